The summed E-state index contributed by atoms with van der Waals surface area (Å²) >= 11 is 1.17. The molecule has 0 spiro atoms. The molecule has 0 saturated carbocycles. The Morgan fingerprint density at radius 3 is 2.73 bits per heavy atom. The van der Waals surface area contributed by atoms with E-state index in [2.05, 4.69) is 10.3 Å². The number of hydrogen-bond donors (Lipinski definition) is 2. The molecule has 0 unspecified atom stereocenters. The van der Waals surface area contributed by atoms with Crippen molar-refractivity contribution in [1.29, 1.82) is 0 Å². The molecule has 22 heavy (non-hydrogen) atoms. The van der Waals surface area contributed by atoms with Crippen LogP contribution >= 0.6 is 11.3 Å². The van der Waals surface area contributed by atoms with Crippen LogP contribution in [0.25, 0.3) is 10.4 Å². The summed E-state index contributed by atoms with van der Waals surface area (Å²) in [7, 11) is 0. The van der Waals surface area contributed by atoms with E-state index in [1.165, 1.54) is 35.9 Å². The Hall–Kier alpha value is -2.73. The van der Waals surface area contributed by atoms with Crippen molar-refractivity contribution in [1.82, 2.24) is 4.98 Å². The van der Waals surface area contributed by atoms with Crippen molar-refractivity contribution in [3.8, 4) is 10.4 Å². The molecule has 3 rings (SSSR count). The number of aromatic nitrogens is 1. The van der Waals surface area contributed by atoms with Gasteiger partial charge < -0.3 is 10.3 Å². The van der Waals surface area contributed by atoms with E-state index in [0.717, 1.165) is 0 Å². The first kappa shape index (κ1) is 14.2. The quantitative estimate of drug-likeness (QED) is 0.777. The number of benzene rings is 1. The number of halogens is 1. The summed E-state index contributed by atoms with van der Waals surface area (Å²) in [5.41, 5.74) is 0.343. The van der Waals surface area contributed by atoms with Crippen LogP contribution in [0.4, 0.5) is 10.1 Å². The van der Waals surface area contributed by atoms with Gasteiger partial charge in [-0.2, -0.15) is 0 Å². The Morgan fingerprint density at radius 2 is 1.95 bits per heavy atom. The first-order chi connectivity index (χ1) is 10.6. The molecule has 6 heteroatoms. The average Bonchev–Trinajstić information content (AvgIpc) is 3.00. The Kier molecular flexibility index (Phi) is 3.84. The third kappa shape index (κ3) is 2.82. The fourth-order valence-corrected chi connectivity index (χ4v) is 2.89. The molecule has 0 aliphatic carbocycles. The number of carbonyl (C=O) groups is 1. The van der Waals surface area contributed by atoms with Gasteiger partial charge in [-0.3, -0.25) is 9.59 Å². The number of rotatable bonds is 3. The maximum Gasteiger partial charge on any atom is 0.265 e. The summed E-state index contributed by atoms with van der Waals surface area (Å²) in [4.78, 5) is 27.5. The second-order valence-corrected chi connectivity index (χ2v) is 5.60. The lowest BCUT2D eigenvalue weighted by Gasteiger charge is -2.02. The van der Waals surface area contributed by atoms with Gasteiger partial charge in [0.1, 0.15) is 11.5 Å². The van der Waals surface area contributed by atoms with Gasteiger partial charge in [-0.25, -0.2) is 4.39 Å². The first-order valence-electron chi connectivity index (χ1n) is 6.48. The zero-order chi connectivity index (χ0) is 15.5. The van der Waals surface area contributed by atoms with E-state index in [9.17, 15) is 14.0 Å². The molecule has 0 atom stereocenters. The molecule has 0 aliphatic rings. The Bertz CT molecular complexity index is 885. The molecule has 0 radical (unpaired) electrons. The minimum Gasteiger partial charge on any atom is -0.366 e. The predicted molar refractivity (Wildman–Crippen MR) is 84.7 cm³/mol. The van der Waals surface area contributed by atoms with E-state index in [0.29, 0.717) is 15.3 Å². The molecule has 2 aromatic heterocycles. The molecule has 0 fully saturated rings. The number of carbonyl (C=O) groups excluding carboxylic acids is 1. The normalized spacial score (nSPS) is 10.4. The van der Waals surface area contributed by atoms with E-state index in [-0.39, 0.29) is 16.9 Å². The molecular formula is C16H11FN2O2S. The van der Waals surface area contributed by atoms with Crippen LogP contribution in [0.2, 0.25) is 0 Å². The molecular weight excluding hydrogens is 303 g/mol. The van der Waals surface area contributed by atoms with Crippen molar-refractivity contribution < 1.29 is 9.18 Å². The predicted octanol–water partition coefficient (Wildman–Crippen LogP) is 3.49. The van der Waals surface area contributed by atoms with E-state index in [1.807, 2.05) is 0 Å². The van der Waals surface area contributed by atoms with E-state index >= 15 is 0 Å². The number of nitrogens with one attached hydrogen (secondary N) is 2. The summed E-state index contributed by atoms with van der Waals surface area (Å²) in [6.45, 7) is 0. The molecule has 0 saturated heterocycles. The van der Waals surface area contributed by atoms with Gasteiger partial charge in [0, 0.05) is 28.9 Å². The third-order valence-corrected chi connectivity index (χ3v) is 4.16. The van der Waals surface area contributed by atoms with Gasteiger partial charge in [-0.1, -0.05) is 18.2 Å². The van der Waals surface area contributed by atoms with Crippen molar-refractivity contribution >= 4 is 22.9 Å². The van der Waals surface area contributed by atoms with Crippen LogP contribution in [0.3, 0.4) is 0 Å². The molecule has 0 aliphatic heterocycles. The lowest BCUT2D eigenvalue weighted by molar-refractivity contribution is 0.103. The van der Waals surface area contributed by atoms with E-state index in [1.54, 1.807) is 30.3 Å². The van der Waals surface area contributed by atoms with Gasteiger partial charge in [0.15, 0.2) is 0 Å². The number of pyridine rings is 1. The largest absolute Gasteiger partial charge is 0.366 e. The SMILES string of the molecule is O=C(Nc1c[nH]ccc1=O)c1ccc(-c2ccccc2F)s1. The van der Waals surface area contributed by atoms with Gasteiger partial charge in [-0.05, 0) is 18.2 Å². The molecule has 4 nitrogen and oxygen atoms in total. The van der Waals surface area contributed by atoms with Crippen LogP contribution in [-0.4, -0.2) is 10.9 Å². The van der Waals surface area contributed by atoms with E-state index < -0.39 is 5.91 Å². The summed E-state index contributed by atoms with van der Waals surface area (Å²) in [6.07, 6.45) is 2.91. The maximum atomic E-state index is 13.7. The van der Waals surface area contributed by atoms with Crippen molar-refractivity contribution in [3.05, 3.63) is 75.8 Å². The highest BCUT2D eigenvalue weighted by atomic mass is 32.1. The van der Waals surface area contributed by atoms with Crippen molar-refractivity contribution in [2.24, 2.45) is 0 Å². The lowest BCUT2D eigenvalue weighted by Crippen LogP contribution is -2.16. The van der Waals surface area contributed by atoms with Crippen LogP contribution in [-0.2, 0) is 0 Å². The highest BCUT2D eigenvalue weighted by molar-refractivity contribution is 7.17. The lowest BCUT2D eigenvalue weighted by atomic mass is 10.2. The highest BCUT2D eigenvalue weighted by Crippen LogP contribution is 2.30. The smallest absolute Gasteiger partial charge is 0.265 e. The van der Waals surface area contributed by atoms with Gasteiger partial charge in [0.05, 0.1) is 4.88 Å². The molecule has 1 aromatic carbocycles. The van der Waals surface area contributed by atoms with Gasteiger partial charge in [0.25, 0.3) is 5.91 Å². The molecule has 0 bridgehead atoms. The first-order valence-corrected chi connectivity index (χ1v) is 7.30. The van der Waals surface area contributed by atoms with Crippen LogP contribution < -0.4 is 10.7 Å². The second kappa shape index (κ2) is 5.95. The topological polar surface area (TPSA) is 62.0 Å². The summed E-state index contributed by atoms with van der Waals surface area (Å²) < 4.78 is 13.7. The monoisotopic (exact) mass is 314 g/mol. The number of thiophene rings is 1. The van der Waals surface area contributed by atoms with Gasteiger partial charge in [0.2, 0.25) is 5.43 Å². The van der Waals surface area contributed by atoms with Crippen LogP contribution in [0.1, 0.15) is 9.67 Å². The van der Waals surface area contributed by atoms with Crippen LogP contribution in [0, 0.1) is 5.82 Å². The Morgan fingerprint density at radius 1 is 1.14 bits per heavy atom. The van der Waals surface area contributed by atoms with E-state index in [4.69, 9.17) is 0 Å². The molecule has 3 aromatic rings. The summed E-state index contributed by atoms with van der Waals surface area (Å²) in [5.74, 6) is -0.736. The molecule has 1 amide bonds. The highest BCUT2D eigenvalue weighted by Gasteiger charge is 2.13. The number of H-pyrrole nitrogens is 1. The Labute approximate surface area is 129 Å². The average molecular weight is 314 g/mol. The summed E-state index contributed by atoms with van der Waals surface area (Å²) in [5, 5.41) is 2.54. The Balaban J connectivity index is 1.85. The number of anilines is 1. The minimum atomic E-state index is -0.399. The number of aromatic amines is 1. The number of amides is 1. The third-order valence-electron chi connectivity index (χ3n) is 3.04. The maximum absolute atomic E-state index is 13.7. The molecule has 2 heterocycles. The number of hydrogen-bond acceptors (Lipinski definition) is 3. The zero-order valence-electron chi connectivity index (χ0n) is 11.3. The van der Waals surface area contributed by atoms with Gasteiger partial charge >= 0.3 is 0 Å². The fraction of sp³-hybridized carbons (Fsp3) is 0. The molecule has 2 N–H and O–H groups in total. The fourth-order valence-electron chi connectivity index (χ4n) is 1.96. The van der Waals surface area contributed by atoms with Crippen LogP contribution in [0.5, 0.6) is 0 Å². The zero-order valence-corrected chi connectivity index (χ0v) is 12.1. The second-order valence-electron chi connectivity index (χ2n) is 4.52. The van der Waals surface area contributed by atoms with Crippen molar-refractivity contribution in [2.45, 2.75) is 0 Å². The molecule has 110 valence electrons. The van der Waals surface area contributed by atoms with Crippen LogP contribution in [0.15, 0.2) is 59.7 Å². The minimum absolute atomic E-state index is 0.174. The van der Waals surface area contributed by atoms with Crippen molar-refractivity contribution in [3.63, 3.8) is 0 Å². The van der Waals surface area contributed by atoms with Crippen molar-refractivity contribution in [2.75, 3.05) is 5.32 Å². The standard InChI is InChI=1S/C16H11FN2O2S/c17-11-4-2-1-3-10(11)14-5-6-15(22-14)16(21)19-12-9-18-8-7-13(12)20/h1-9H,(H,18,20)(H,19,21). The van der Waals surface area contributed by atoms with Gasteiger partial charge in [-0.15, -0.1) is 11.3 Å². The summed E-state index contributed by atoms with van der Waals surface area (Å²) in [6, 6.07) is 11.0.